The number of likely N-dealkylation sites (N-methyl/N-ethyl adjacent to an activating group) is 1. The number of carbonyl (C=O) groups excluding carboxylic acids is 1. The Kier molecular flexibility index (Phi) is 5.59. The van der Waals surface area contributed by atoms with Gasteiger partial charge in [0.1, 0.15) is 12.4 Å². The lowest BCUT2D eigenvalue weighted by Gasteiger charge is -2.14. The Labute approximate surface area is 164 Å². The largest absolute Gasteiger partial charge is 0.491 e. The van der Waals surface area contributed by atoms with E-state index >= 15 is 0 Å². The maximum absolute atomic E-state index is 12.8. The van der Waals surface area contributed by atoms with E-state index in [1.807, 2.05) is 19.0 Å². The fraction of sp³-hybridized carbons (Fsp3) is 0.278. The summed E-state index contributed by atoms with van der Waals surface area (Å²) in [6.45, 7) is 0.868. The third kappa shape index (κ3) is 4.41. The van der Waals surface area contributed by atoms with Crippen LogP contribution in [0, 0.1) is 10.1 Å². The second kappa shape index (κ2) is 8.10. The van der Waals surface area contributed by atoms with Crippen molar-refractivity contribution in [1.29, 1.82) is 0 Å². The average molecular weight is 401 g/mol. The van der Waals surface area contributed by atoms with Crippen LogP contribution in [0.25, 0.3) is 11.0 Å². The summed E-state index contributed by atoms with van der Waals surface area (Å²) in [5.41, 5.74) is -0.0869. The van der Waals surface area contributed by atoms with Gasteiger partial charge in [-0.25, -0.2) is 0 Å². The molecule has 2 aromatic heterocycles. The summed E-state index contributed by atoms with van der Waals surface area (Å²) in [5.74, 6) is -0.435. The summed E-state index contributed by atoms with van der Waals surface area (Å²) in [4.78, 5) is 37.1. The molecular formula is C18H19N5O6. The Morgan fingerprint density at radius 3 is 2.83 bits per heavy atom. The van der Waals surface area contributed by atoms with E-state index in [-0.39, 0.29) is 46.0 Å². The van der Waals surface area contributed by atoms with Crippen LogP contribution in [0.2, 0.25) is 0 Å². The van der Waals surface area contributed by atoms with Gasteiger partial charge in [-0.15, -0.1) is 0 Å². The molecule has 0 radical (unpaired) electrons. The lowest BCUT2D eigenvalue weighted by molar-refractivity contribution is -0.384. The molecule has 0 spiro atoms. The van der Waals surface area contributed by atoms with Gasteiger partial charge in [-0.2, -0.15) is 0 Å². The SMILES string of the molecule is CN(C)CCOc1cc(=O)n(C)cc1C(=O)Nc1noc2ccc([N+](=O)[O-])cc12. The zero-order valence-electron chi connectivity index (χ0n) is 16.0. The molecule has 1 N–H and O–H groups in total. The molecule has 0 unspecified atom stereocenters. The van der Waals surface area contributed by atoms with Gasteiger partial charge in [0.15, 0.2) is 11.4 Å². The van der Waals surface area contributed by atoms with E-state index in [9.17, 15) is 19.7 Å². The molecule has 11 heteroatoms. The number of nitrogens with one attached hydrogen (secondary N) is 1. The highest BCUT2D eigenvalue weighted by Crippen LogP contribution is 2.28. The summed E-state index contributed by atoms with van der Waals surface area (Å²) >= 11 is 0. The van der Waals surface area contributed by atoms with Crippen LogP contribution in [-0.4, -0.2) is 52.7 Å². The first-order chi connectivity index (χ1) is 13.8. The molecule has 3 rings (SSSR count). The van der Waals surface area contributed by atoms with Crippen LogP contribution >= 0.6 is 0 Å². The van der Waals surface area contributed by atoms with Crippen molar-refractivity contribution < 1.29 is 19.0 Å². The molecule has 11 nitrogen and oxygen atoms in total. The number of nitrogens with zero attached hydrogens (tertiary/aromatic N) is 4. The van der Waals surface area contributed by atoms with E-state index in [0.29, 0.717) is 6.54 Å². The lowest BCUT2D eigenvalue weighted by Crippen LogP contribution is -2.24. The molecule has 0 aliphatic carbocycles. The maximum atomic E-state index is 12.8. The molecule has 3 aromatic rings. The predicted molar refractivity (Wildman–Crippen MR) is 104 cm³/mol. The lowest BCUT2D eigenvalue weighted by atomic mass is 10.2. The van der Waals surface area contributed by atoms with Crippen molar-refractivity contribution in [3.05, 3.63) is 56.5 Å². The molecule has 0 saturated carbocycles. The molecule has 2 heterocycles. The minimum Gasteiger partial charge on any atom is -0.491 e. The van der Waals surface area contributed by atoms with Gasteiger partial charge in [0.25, 0.3) is 17.2 Å². The number of non-ortho nitro benzene ring substituents is 1. The standard InChI is InChI=1S/C18H19N5O6/c1-21(2)6-7-28-15-9-16(24)22(3)10-13(15)18(25)19-17-12-8-11(23(26)27)4-5-14(12)29-20-17/h4-5,8-10H,6-7H2,1-3H3,(H,19,20,25). The molecule has 1 amide bonds. The summed E-state index contributed by atoms with van der Waals surface area (Å²) in [6, 6.07) is 5.17. The minimum atomic E-state index is -0.595. The number of fused-ring (bicyclic) bond motifs is 1. The highest BCUT2D eigenvalue weighted by atomic mass is 16.6. The van der Waals surface area contributed by atoms with Gasteiger partial charge in [-0.05, 0) is 20.2 Å². The average Bonchev–Trinajstić information content (AvgIpc) is 3.06. The van der Waals surface area contributed by atoms with Crippen LogP contribution in [-0.2, 0) is 7.05 Å². The molecule has 0 bridgehead atoms. The van der Waals surface area contributed by atoms with Crippen LogP contribution in [0.1, 0.15) is 10.4 Å². The van der Waals surface area contributed by atoms with Crippen molar-refractivity contribution in [1.82, 2.24) is 14.6 Å². The number of carbonyl (C=O) groups is 1. The van der Waals surface area contributed by atoms with Gasteiger partial charge in [0, 0.05) is 38.0 Å². The van der Waals surface area contributed by atoms with E-state index in [1.54, 1.807) is 0 Å². The van der Waals surface area contributed by atoms with Gasteiger partial charge < -0.3 is 24.0 Å². The Balaban J connectivity index is 1.91. The fourth-order valence-electron chi connectivity index (χ4n) is 2.55. The van der Waals surface area contributed by atoms with Gasteiger partial charge in [0.05, 0.1) is 15.9 Å². The van der Waals surface area contributed by atoms with Crippen molar-refractivity contribution in [2.75, 3.05) is 32.6 Å². The zero-order valence-corrected chi connectivity index (χ0v) is 16.0. The van der Waals surface area contributed by atoms with Crippen molar-refractivity contribution in [2.24, 2.45) is 7.05 Å². The predicted octanol–water partition coefficient (Wildman–Crippen LogP) is 1.63. The van der Waals surface area contributed by atoms with E-state index in [4.69, 9.17) is 9.26 Å². The second-order valence-electron chi connectivity index (χ2n) is 6.58. The molecule has 0 saturated heterocycles. The van der Waals surface area contributed by atoms with Crippen LogP contribution < -0.4 is 15.6 Å². The molecule has 0 aliphatic heterocycles. The van der Waals surface area contributed by atoms with E-state index in [1.165, 1.54) is 42.1 Å². The van der Waals surface area contributed by atoms with Crippen molar-refractivity contribution in [2.45, 2.75) is 0 Å². The number of aromatic nitrogens is 2. The normalized spacial score (nSPS) is 11.0. The van der Waals surface area contributed by atoms with Crippen LogP contribution in [0.3, 0.4) is 0 Å². The Bertz CT molecular complexity index is 1130. The Morgan fingerprint density at radius 1 is 1.38 bits per heavy atom. The van der Waals surface area contributed by atoms with Crippen molar-refractivity contribution in [3.63, 3.8) is 0 Å². The second-order valence-corrected chi connectivity index (χ2v) is 6.58. The molecule has 29 heavy (non-hydrogen) atoms. The van der Waals surface area contributed by atoms with E-state index in [0.717, 1.165) is 0 Å². The number of nitro benzene ring substituents is 1. The van der Waals surface area contributed by atoms with Crippen molar-refractivity contribution in [3.8, 4) is 5.75 Å². The van der Waals surface area contributed by atoms with Crippen LogP contribution in [0.15, 0.2) is 39.8 Å². The van der Waals surface area contributed by atoms with Crippen molar-refractivity contribution >= 4 is 28.4 Å². The molecule has 0 aliphatic rings. The third-order valence-corrected chi connectivity index (χ3v) is 4.13. The van der Waals surface area contributed by atoms with Gasteiger partial charge in [-0.1, -0.05) is 5.16 Å². The number of benzene rings is 1. The topological polar surface area (TPSA) is 133 Å². The molecule has 0 atom stereocenters. The number of nitro groups is 1. The number of amides is 1. The van der Waals surface area contributed by atoms with Gasteiger partial charge in [-0.3, -0.25) is 19.7 Å². The highest BCUT2D eigenvalue weighted by molar-refractivity contribution is 6.09. The van der Waals surface area contributed by atoms with Crippen LogP contribution in [0.4, 0.5) is 11.5 Å². The Hall–Kier alpha value is -3.73. The molecule has 1 aromatic carbocycles. The number of aryl methyl sites for hydroxylation is 1. The summed E-state index contributed by atoms with van der Waals surface area (Å²) < 4.78 is 12.0. The highest BCUT2D eigenvalue weighted by Gasteiger charge is 2.20. The minimum absolute atomic E-state index is 0.0294. The molecule has 152 valence electrons. The van der Waals surface area contributed by atoms with E-state index in [2.05, 4.69) is 10.5 Å². The fourth-order valence-corrected chi connectivity index (χ4v) is 2.55. The first-order valence-electron chi connectivity index (χ1n) is 8.59. The monoisotopic (exact) mass is 401 g/mol. The Morgan fingerprint density at radius 2 is 2.14 bits per heavy atom. The number of hydrogen-bond acceptors (Lipinski definition) is 8. The summed E-state index contributed by atoms with van der Waals surface area (Å²) in [7, 11) is 5.25. The van der Waals surface area contributed by atoms with E-state index < -0.39 is 10.8 Å². The first-order valence-corrected chi connectivity index (χ1v) is 8.59. The number of anilines is 1. The quantitative estimate of drug-likeness (QED) is 0.466. The number of hydrogen-bond donors (Lipinski definition) is 1. The first kappa shape index (κ1) is 20.0. The molecule has 0 fully saturated rings. The number of ether oxygens (including phenoxy) is 1. The number of pyridine rings is 1. The third-order valence-electron chi connectivity index (χ3n) is 4.13. The summed E-state index contributed by atoms with van der Waals surface area (Å²) in [5, 5.41) is 17.6. The maximum Gasteiger partial charge on any atom is 0.270 e. The smallest absolute Gasteiger partial charge is 0.270 e. The van der Waals surface area contributed by atoms with Gasteiger partial charge >= 0.3 is 0 Å². The van der Waals surface area contributed by atoms with Crippen LogP contribution in [0.5, 0.6) is 5.75 Å². The molecular weight excluding hydrogens is 382 g/mol. The van der Waals surface area contributed by atoms with Gasteiger partial charge in [0.2, 0.25) is 0 Å². The number of rotatable bonds is 7. The zero-order chi connectivity index (χ0) is 21.1. The summed E-state index contributed by atoms with van der Waals surface area (Å²) in [6.07, 6.45) is 1.35.